The minimum absolute atomic E-state index is 0.101. The highest BCUT2D eigenvalue weighted by Crippen LogP contribution is 2.48. The number of fused-ring (bicyclic) bond motifs is 5. The molecule has 0 N–H and O–H groups in total. The quantitative estimate of drug-likeness (QED) is 0.256. The lowest BCUT2D eigenvalue weighted by molar-refractivity contribution is 0.418. The Kier molecular flexibility index (Phi) is 4.22. The van der Waals surface area contributed by atoms with E-state index in [0.717, 1.165) is 17.1 Å². The fourth-order valence-electron chi connectivity index (χ4n) is 5.65. The summed E-state index contributed by atoms with van der Waals surface area (Å²) in [6, 6.07) is 41.1. The molecule has 1 aromatic heterocycles. The monoisotopic (exact) mass is 451 g/mol. The Bertz CT molecular complexity index is 1740. The second kappa shape index (κ2) is 7.35. The average Bonchev–Trinajstić information content (AvgIpc) is 3.23. The summed E-state index contributed by atoms with van der Waals surface area (Å²) in [5.41, 5.74) is 8.32. The number of nitrogens with zero attached hydrogens (tertiary/aromatic N) is 1. The third-order valence-electron chi connectivity index (χ3n) is 7.46. The molecule has 1 aliphatic heterocycles. The first-order valence-electron chi connectivity index (χ1n) is 12.1. The molecule has 2 heterocycles. The van der Waals surface area contributed by atoms with Crippen LogP contribution in [0, 0.1) is 0 Å². The van der Waals surface area contributed by atoms with Gasteiger partial charge in [-0.2, -0.15) is 0 Å². The maximum Gasteiger partial charge on any atom is 0.132 e. The van der Waals surface area contributed by atoms with Gasteiger partial charge >= 0.3 is 0 Å². The normalized spacial score (nSPS) is 13.9. The Morgan fingerprint density at radius 3 is 2.09 bits per heavy atom. The van der Waals surface area contributed by atoms with Crippen molar-refractivity contribution in [2.45, 2.75) is 19.3 Å². The van der Waals surface area contributed by atoms with Gasteiger partial charge < -0.3 is 9.30 Å². The summed E-state index contributed by atoms with van der Waals surface area (Å²) in [7, 11) is 0. The molecular formula is C33H25NO. The smallest absolute Gasteiger partial charge is 0.132 e. The Morgan fingerprint density at radius 1 is 0.543 bits per heavy atom. The first-order chi connectivity index (χ1) is 17.1. The van der Waals surface area contributed by atoms with Crippen LogP contribution in [-0.4, -0.2) is 4.57 Å². The van der Waals surface area contributed by atoms with Gasteiger partial charge in [-0.1, -0.05) is 86.6 Å². The lowest BCUT2D eigenvalue weighted by Gasteiger charge is -2.34. The van der Waals surface area contributed by atoms with E-state index in [2.05, 4.69) is 128 Å². The van der Waals surface area contributed by atoms with Crippen LogP contribution >= 0.6 is 0 Å². The number of para-hydroxylation sites is 3. The van der Waals surface area contributed by atoms with Crippen molar-refractivity contribution in [2.24, 2.45) is 0 Å². The Labute approximate surface area is 205 Å². The second-order valence-electron chi connectivity index (χ2n) is 9.85. The van der Waals surface area contributed by atoms with Crippen LogP contribution in [0.5, 0.6) is 11.5 Å². The van der Waals surface area contributed by atoms with Gasteiger partial charge in [-0.25, -0.2) is 0 Å². The molecule has 35 heavy (non-hydrogen) atoms. The zero-order chi connectivity index (χ0) is 23.6. The third kappa shape index (κ3) is 2.96. The van der Waals surface area contributed by atoms with E-state index in [9.17, 15) is 0 Å². The van der Waals surface area contributed by atoms with Crippen molar-refractivity contribution < 1.29 is 4.74 Å². The summed E-state index contributed by atoms with van der Waals surface area (Å²) in [6.07, 6.45) is 0. The zero-order valence-corrected chi connectivity index (χ0v) is 19.8. The summed E-state index contributed by atoms with van der Waals surface area (Å²) in [5.74, 6) is 1.89. The number of hydrogen-bond donors (Lipinski definition) is 0. The van der Waals surface area contributed by atoms with Crippen LogP contribution in [-0.2, 0) is 5.41 Å². The van der Waals surface area contributed by atoms with Gasteiger partial charge in [0.25, 0.3) is 0 Å². The highest BCUT2D eigenvalue weighted by Gasteiger charge is 2.34. The molecular weight excluding hydrogens is 426 g/mol. The Balaban J connectivity index is 1.40. The molecule has 0 amide bonds. The van der Waals surface area contributed by atoms with Crippen LogP contribution in [0.15, 0.2) is 115 Å². The molecule has 5 aromatic carbocycles. The topological polar surface area (TPSA) is 14.2 Å². The molecule has 0 fully saturated rings. The van der Waals surface area contributed by atoms with Gasteiger partial charge in [0, 0.05) is 33.0 Å². The lowest BCUT2D eigenvalue weighted by atomic mass is 9.75. The maximum atomic E-state index is 6.39. The molecule has 0 aliphatic carbocycles. The van der Waals surface area contributed by atoms with E-state index in [1.165, 1.54) is 44.2 Å². The van der Waals surface area contributed by atoms with Crippen LogP contribution in [0.25, 0.3) is 38.6 Å². The van der Waals surface area contributed by atoms with Crippen LogP contribution in [0.1, 0.15) is 25.0 Å². The van der Waals surface area contributed by atoms with Gasteiger partial charge in [0.2, 0.25) is 0 Å². The number of benzene rings is 5. The SMILES string of the molecule is CC1(C)c2ccccc2Oc2cc(-c3ccc4c(c3)c3ccccc3n4-c3ccccc3)ccc21. The maximum absolute atomic E-state index is 6.39. The molecule has 7 rings (SSSR count). The van der Waals surface area contributed by atoms with Crippen molar-refractivity contribution in [1.82, 2.24) is 4.57 Å². The molecule has 0 saturated heterocycles. The van der Waals surface area contributed by atoms with Crippen LogP contribution in [0.4, 0.5) is 0 Å². The number of aromatic nitrogens is 1. The number of hydrogen-bond acceptors (Lipinski definition) is 1. The van der Waals surface area contributed by atoms with E-state index in [0.29, 0.717) is 0 Å². The number of ether oxygens (including phenoxy) is 1. The van der Waals surface area contributed by atoms with E-state index < -0.39 is 0 Å². The summed E-state index contributed by atoms with van der Waals surface area (Å²) in [4.78, 5) is 0. The van der Waals surface area contributed by atoms with Crippen molar-refractivity contribution in [2.75, 3.05) is 0 Å². The van der Waals surface area contributed by atoms with Gasteiger partial charge in [-0.05, 0) is 53.6 Å². The molecule has 0 atom stereocenters. The van der Waals surface area contributed by atoms with Crippen LogP contribution in [0.2, 0.25) is 0 Å². The van der Waals surface area contributed by atoms with Crippen molar-refractivity contribution in [3.63, 3.8) is 0 Å². The summed E-state index contributed by atoms with van der Waals surface area (Å²) < 4.78 is 8.74. The molecule has 0 spiro atoms. The largest absolute Gasteiger partial charge is 0.457 e. The third-order valence-corrected chi connectivity index (χ3v) is 7.46. The van der Waals surface area contributed by atoms with E-state index in [1.54, 1.807) is 0 Å². The number of rotatable bonds is 2. The van der Waals surface area contributed by atoms with Gasteiger partial charge in [-0.15, -0.1) is 0 Å². The fraction of sp³-hybridized carbons (Fsp3) is 0.0909. The average molecular weight is 452 g/mol. The van der Waals surface area contributed by atoms with Crippen molar-refractivity contribution in [3.8, 4) is 28.3 Å². The van der Waals surface area contributed by atoms with Gasteiger partial charge in [0.15, 0.2) is 0 Å². The zero-order valence-electron chi connectivity index (χ0n) is 19.8. The highest BCUT2D eigenvalue weighted by atomic mass is 16.5. The molecule has 0 radical (unpaired) electrons. The minimum atomic E-state index is -0.101. The van der Waals surface area contributed by atoms with Crippen molar-refractivity contribution in [3.05, 3.63) is 126 Å². The van der Waals surface area contributed by atoms with E-state index in [1.807, 2.05) is 6.07 Å². The molecule has 6 aromatic rings. The second-order valence-corrected chi connectivity index (χ2v) is 9.85. The molecule has 0 unspecified atom stereocenters. The standard InChI is InChI=1S/C33H25NO/c1-33(2)27-13-7-9-15-31(27)35-32-21-23(16-18-28(32)33)22-17-19-30-26(20-22)25-12-6-8-14-29(25)34(30)24-10-4-3-5-11-24/h3-21H,1-2H3. The van der Waals surface area contributed by atoms with Gasteiger partial charge in [0.05, 0.1) is 11.0 Å². The van der Waals surface area contributed by atoms with Gasteiger partial charge in [-0.3, -0.25) is 0 Å². The highest BCUT2D eigenvalue weighted by molar-refractivity contribution is 6.10. The van der Waals surface area contributed by atoms with E-state index in [-0.39, 0.29) is 5.41 Å². The summed E-state index contributed by atoms with van der Waals surface area (Å²) >= 11 is 0. The first-order valence-corrected chi connectivity index (χ1v) is 12.1. The van der Waals surface area contributed by atoms with Crippen molar-refractivity contribution in [1.29, 1.82) is 0 Å². The molecule has 2 nitrogen and oxygen atoms in total. The van der Waals surface area contributed by atoms with Gasteiger partial charge in [0.1, 0.15) is 11.5 Å². The molecule has 0 saturated carbocycles. The Morgan fingerprint density at radius 2 is 1.20 bits per heavy atom. The van der Waals surface area contributed by atoms with Crippen LogP contribution < -0.4 is 4.74 Å². The predicted octanol–water partition coefficient (Wildman–Crippen LogP) is 8.88. The summed E-state index contributed by atoms with van der Waals surface area (Å²) in [6.45, 7) is 4.55. The van der Waals surface area contributed by atoms with E-state index in [4.69, 9.17) is 4.74 Å². The summed E-state index contributed by atoms with van der Waals surface area (Å²) in [5, 5.41) is 2.52. The van der Waals surface area contributed by atoms with Crippen molar-refractivity contribution >= 4 is 21.8 Å². The molecule has 2 heteroatoms. The van der Waals surface area contributed by atoms with Crippen LogP contribution in [0.3, 0.4) is 0 Å². The first kappa shape index (κ1) is 20.1. The predicted molar refractivity (Wildman–Crippen MR) is 145 cm³/mol. The van der Waals surface area contributed by atoms with E-state index >= 15 is 0 Å². The molecule has 1 aliphatic rings. The molecule has 0 bridgehead atoms. The molecule has 168 valence electrons. The Hall–Kier alpha value is -4.30. The fourth-order valence-corrected chi connectivity index (χ4v) is 5.65. The minimum Gasteiger partial charge on any atom is -0.457 e. The lowest BCUT2D eigenvalue weighted by Crippen LogP contribution is -2.24.